The largest absolute Gasteiger partial charge is 3.00 e. The fourth-order valence-corrected chi connectivity index (χ4v) is 6.17. The van der Waals surface area contributed by atoms with Crippen molar-refractivity contribution in [1.29, 1.82) is 0 Å². The monoisotopic (exact) mass is 859 g/mol. The molecule has 0 aliphatic heterocycles. The number of rotatable bonds is 0. The van der Waals surface area contributed by atoms with Crippen LogP contribution in [0.2, 0.25) is 0 Å². The molecule has 0 fully saturated rings. The second-order valence-corrected chi connectivity index (χ2v) is 11.1. The fraction of sp³-hybridized carbons (Fsp3) is 0.100. The van der Waals surface area contributed by atoms with E-state index in [-0.39, 0.29) is 20.1 Å². The van der Waals surface area contributed by atoms with Crippen molar-refractivity contribution in [2.24, 2.45) is 0 Å². The van der Waals surface area contributed by atoms with E-state index in [9.17, 15) is 0 Å². The minimum Gasteiger partial charge on any atom is 3.00 e. The summed E-state index contributed by atoms with van der Waals surface area (Å²) in [6, 6.07) is 24.4. The Morgan fingerprint density at radius 1 is 0.432 bits per heavy atom. The van der Waals surface area contributed by atoms with Crippen LogP contribution in [0.25, 0.3) is 32.7 Å². The van der Waals surface area contributed by atoms with Crippen LogP contribution < -0.4 is 13.4 Å². The molecule has 3 aromatic carbocycles. The van der Waals surface area contributed by atoms with Crippen LogP contribution in [0.15, 0.2) is 91.4 Å². The molecule has 0 saturated heterocycles. The summed E-state index contributed by atoms with van der Waals surface area (Å²) in [5.41, 5.74) is 7.00. The first-order valence-corrected chi connectivity index (χ1v) is 14.0. The van der Waals surface area contributed by atoms with Gasteiger partial charge in [0.25, 0.3) is 0 Å². The second-order valence-electron chi connectivity index (χ2n) is 8.33. The normalized spacial score (nSPS) is 10.1. The molecule has 0 radical (unpaired) electrons. The van der Waals surface area contributed by atoms with Gasteiger partial charge in [0.2, 0.25) is 0 Å². The average molecular weight is 856 g/mol. The number of fused-ring (bicyclic) bond motifs is 3. The summed E-state index contributed by atoms with van der Waals surface area (Å²) in [6.45, 7) is 6.31. The summed E-state index contributed by atoms with van der Waals surface area (Å²) in [5, 5.41) is 3.71. The molecular formula is C30H24IrN3Se3. The number of hydrogen-bond acceptors (Lipinski definition) is 3. The second kappa shape index (κ2) is 13.8. The van der Waals surface area contributed by atoms with Crippen molar-refractivity contribution < 1.29 is 20.1 Å². The van der Waals surface area contributed by atoms with Gasteiger partial charge in [0.05, 0.1) is 0 Å². The number of pyridine rings is 3. The third kappa shape index (κ3) is 7.15. The van der Waals surface area contributed by atoms with Gasteiger partial charge in [-0.3, -0.25) is 0 Å². The van der Waals surface area contributed by atoms with E-state index in [0.29, 0.717) is 0 Å². The van der Waals surface area contributed by atoms with Crippen LogP contribution in [-0.4, -0.2) is 63.0 Å². The predicted molar refractivity (Wildman–Crippen MR) is 156 cm³/mol. The van der Waals surface area contributed by atoms with Gasteiger partial charge >= 0.3 is 258 Å². The van der Waals surface area contributed by atoms with E-state index in [1.807, 2.05) is 73.2 Å². The van der Waals surface area contributed by atoms with Crippen molar-refractivity contribution in [3.05, 3.63) is 108 Å². The number of hydrogen-bond donors (Lipinski definition) is 0. The van der Waals surface area contributed by atoms with Crippen LogP contribution >= 0.6 is 0 Å². The number of nitrogens with zero attached hydrogens (tertiary/aromatic N) is 3. The molecule has 3 aromatic heterocycles. The fourth-order valence-electron chi connectivity index (χ4n) is 4.01. The standard InChI is InChI=1S/3C10H9NSe.Ir/c3*1-7-5-6-11-8-3-2-4-9(12)10(7)8;/h3*2-6,12H,1H3;/q;;;+3/p-3. The molecule has 0 aliphatic carbocycles. The molecule has 7 heteroatoms. The molecule has 37 heavy (non-hydrogen) atoms. The van der Waals surface area contributed by atoms with Crippen LogP contribution in [0.5, 0.6) is 0 Å². The van der Waals surface area contributed by atoms with E-state index in [0.717, 1.165) is 16.6 Å². The van der Waals surface area contributed by atoms with E-state index in [2.05, 4.69) is 102 Å². The van der Waals surface area contributed by atoms with Crippen LogP contribution in [0.1, 0.15) is 16.7 Å². The molecule has 3 heterocycles. The first kappa shape index (κ1) is 29.7. The predicted octanol–water partition coefficient (Wildman–Crippen LogP) is 4.01. The Labute approximate surface area is 256 Å². The van der Waals surface area contributed by atoms with Gasteiger partial charge in [-0.25, -0.2) is 0 Å². The van der Waals surface area contributed by atoms with Gasteiger partial charge in [-0.15, -0.1) is 0 Å². The number of aryl methyl sites for hydroxylation is 3. The van der Waals surface area contributed by atoms with Crippen molar-refractivity contribution in [3.63, 3.8) is 0 Å². The molecule has 6 rings (SSSR count). The maximum absolute atomic E-state index is 4.28. The Balaban J connectivity index is 0.000000152. The summed E-state index contributed by atoms with van der Waals surface area (Å²) in [6.07, 6.45) is 5.53. The quantitative estimate of drug-likeness (QED) is 0.217. The Morgan fingerprint density at radius 2 is 0.703 bits per heavy atom. The molecule has 0 bridgehead atoms. The molecule has 0 N–H and O–H groups in total. The first-order valence-electron chi connectivity index (χ1n) is 11.4. The molecule has 0 saturated carbocycles. The third-order valence-electron chi connectivity index (χ3n) is 5.81. The van der Waals surface area contributed by atoms with Gasteiger partial charge in [0.1, 0.15) is 0 Å². The van der Waals surface area contributed by atoms with Crippen LogP contribution in [-0.2, 0) is 20.1 Å². The van der Waals surface area contributed by atoms with Gasteiger partial charge in [-0.05, 0) is 0 Å². The van der Waals surface area contributed by atoms with Crippen LogP contribution in [0.4, 0.5) is 0 Å². The molecule has 3 nitrogen and oxygen atoms in total. The topological polar surface area (TPSA) is 38.7 Å². The Kier molecular flexibility index (Phi) is 11.0. The summed E-state index contributed by atoms with van der Waals surface area (Å²) in [5.74, 6) is 0. The van der Waals surface area contributed by atoms with Gasteiger partial charge in [0.15, 0.2) is 0 Å². The zero-order valence-corrected chi connectivity index (χ0v) is 28.1. The summed E-state index contributed by atoms with van der Waals surface area (Å²) in [4.78, 5) is 12.8. The van der Waals surface area contributed by atoms with Crippen molar-refractivity contribution in [1.82, 2.24) is 15.0 Å². The van der Waals surface area contributed by atoms with Gasteiger partial charge < -0.3 is 0 Å². The van der Waals surface area contributed by atoms with Crippen molar-refractivity contribution >= 4 is 94.1 Å². The molecule has 0 spiro atoms. The van der Waals surface area contributed by atoms with Crippen molar-refractivity contribution in [3.8, 4) is 0 Å². The molecule has 0 unspecified atom stereocenters. The van der Waals surface area contributed by atoms with Crippen molar-refractivity contribution in [2.45, 2.75) is 20.8 Å². The smallest absolute Gasteiger partial charge is 3.00 e. The van der Waals surface area contributed by atoms with E-state index in [1.54, 1.807) is 0 Å². The van der Waals surface area contributed by atoms with E-state index >= 15 is 0 Å². The van der Waals surface area contributed by atoms with E-state index in [1.165, 1.54) is 46.2 Å². The van der Waals surface area contributed by atoms with Gasteiger partial charge in [-0.1, -0.05) is 0 Å². The SMILES string of the molecule is Cc1ccnc2cccc([Se-])c12.Cc1ccnc2cccc([Se-])c12.Cc1ccnc2cccc([Se-])c12.[Ir+3]. The van der Waals surface area contributed by atoms with Gasteiger partial charge in [-0.2, -0.15) is 0 Å². The maximum atomic E-state index is 4.28. The van der Waals surface area contributed by atoms with E-state index in [4.69, 9.17) is 0 Å². The third-order valence-corrected chi connectivity index (χ3v) is 7.95. The van der Waals surface area contributed by atoms with Crippen LogP contribution in [0.3, 0.4) is 0 Å². The molecule has 0 atom stereocenters. The summed E-state index contributed by atoms with van der Waals surface area (Å²) < 4.78 is 3.54. The Hall–Kier alpha value is -1.90. The number of aromatic nitrogens is 3. The zero-order chi connectivity index (χ0) is 25.7. The van der Waals surface area contributed by atoms with Crippen LogP contribution in [0, 0.1) is 20.8 Å². The molecule has 0 aliphatic rings. The zero-order valence-electron chi connectivity index (χ0n) is 20.6. The minimum absolute atomic E-state index is 0. The van der Waals surface area contributed by atoms with E-state index < -0.39 is 0 Å². The first-order chi connectivity index (χ1) is 17.4. The summed E-state index contributed by atoms with van der Waals surface area (Å²) >= 11 is 9.14. The van der Waals surface area contributed by atoms with Crippen molar-refractivity contribution in [2.75, 3.05) is 0 Å². The summed E-state index contributed by atoms with van der Waals surface area (Å²) in [7, 11) is 0. The Bertz CT molecular complexity index is 1360. The molecular weight excluding hydrogens is 831 g/mol. The molecule has 186 valence electrons. The van der Waals surface area contributed by atoms with Gasteiger partial charge in [0, 0.05) is 0 Å². The average Bonchev–Trinajstić information content (AvgIpc) is 2.85. The molecule has 0 amide bonds. The number of benzene rings is 3. The minimum atomic E-state index is 0. The molecule has 6 aromatic rings. The Morgan fingerprint density at radius 3 is 0.946 bits per heavy atom. The maximum Gasteiger partial charge on any atom is 3.00 e.